The Kier molecular flexibility index (Phi) is 5.55. The third-order valence-corrected chi connectivity index (χ3v) is 3.35. The summed E-state index contributed by atoms with van der Waals surface area (Å²) in [4.78, 5) is 4.01. The topological polar surface area (TPSA) is 41.9 Å². The van der Waals surface area contributed by atoms with Crippen molar-refractivity contribution in [2.45, 2.75) is 25.9 Å². The average molecular weight is 288 g/mol. The molecule has 1 aromatic heterocycles. The van der Waals surface area contributed by atoms with Gasteiger partial charge >= 0.3 is 0 Å². The van der Waals surface area contributed by atoms with Gasteiger partial charge in [0.1, 0.15) is 0 Å². The molecule has 2 rings (SSSR count). The van der Waals surface area contributed by atoms with Gasteiger partial charge in [0.2, 0.25) is 0 Å². The molecule has 5 heteroatoms. The first-order valence-corrected chi connectivity index (χ1v) is 7.21. The smallest absolute Gasteiger partial charge is 0.166 e. The summed E-state index contributed by atoms with van der Waals surface area (Å²) in [6.07, 6.45) is 6.60. The minimum absolute atomic E-state index is 0.213. The van der Waals surface area contributed by atoms with E-state index in [0.717, 1.165) is 19.5 Å². The molecule has 1 heterocycles. The van der Waals surface area contributed by atoms with Crippen LogP contribution in [-0.4, -0.2) is 21.2 Å². The van der Waals surface area contributed by atoms with Gasteiger partial charge in [-0.2, -0.15) is 0 Å². The van der Waals surface area contributed by atoms with Crippen LogP contribution in [0.3, 0.4) is 0 Å². The number of nitrogens with zero attached hydrogens (tertiary/aromatic N) is 2. The van der Waals surface area contributed by atoms with E-state index in [1.807, 2.05) is 30.7 Å². The molecule has 0 bridgehead atoms. The fourth-order valence-electron chi connectivity index (χ4n) is 1.96. The zero-order valence-corrected chi connectivity index (χ0v) is 12.4. The maximum Gasteiger partial charge on any atom is 0.166 e. The maximum absolute atomic E-state index is 5.30. The lowest BCUT2D eigenvalue weighted by atomic mass is 10.1. The molecule has 20 heavy (non-hydrogen) atoms. The Morgan fingerprint density at radius 3 is 2.85 bits per heavy atom. The summed E-state index contributed by atoms with van der Waals surface area (Å²) in [6, 6.07) is 10.5. The Labute approximate surface area is 125 Å². The number of nitrogens with one attached hydrogen (secondary N) is 2. The van der Waals surface area contributed by atoms with Crippen LogP contribution < -0.4 is 10.6 Å². The van der Waals surface area contributed by atoms with Gasteiger partial charge in [-0.1, -0.05) is 30.3 Å². The van der Waals surface area contributed by atoms with Crippen LogP contribution in [0.15, 0.2) is 49.1 Å². The molecule has 106 valence electrons. The van der Waals surface area contributed by atoms with E-state index in [2.05, 4.69) is 39.2 Å². The fraction of sp³-hybridized carbons (Fsp3) is 0.333. The summed E-state index contributed by atoms with van der Waals surface area (Å²) >= 11 is 5.30. The third kappa shape index (κ3) is 4.66. The predicted octanol–water partition coefficient (Wildman–Crippen LogP) is 2.50. The van der Waals surface area contributed by atoms with E-state index >= 15 is 0 Å². The van der Waals surface area contributed by atoms with Gasteiger partial charge in [0, 0.05) is 25.5 Å². The van der Waals surface area contributed by atoms with Gasteiger partial charge in [0.15, 0.2) is 5.11 Å². The minimum Gasteiger partial charge on any atom is -0.363 e. The molecule has 0 aliphatic carbocycles. The monoisotopic (exact) mass is 288 g/mol. The number of aryl methyl sites for hydroxylation is 1. The Balaban J connectivity index is 1.65. The fourth-order valence-corrected chi connectivity index (χ4v) is 2.23. The molecule has 0 fully saturated rings. The van der Waals surface area contributed by atoms with Crippen LogP contribution in [0.1, 0.15) is 24.9 Å². The molecule has 0 saturated heterocycles. The highest BCUT2D eigenvalue weighted by Crippen LogP contribution is 2.10. The summed E-state index contributed by atoms with van der Waals surface area (Å²) in [5, 5.41) is 7.22. The van der Waals surface area contributed by atoms with Gasteiger partial charge in [0.25, 0.3) is 0 Å². The molecular formula is C15H20N4S. The predicted molar refractivity (Wildman–Crippen MR) is 85.4 cm³/mol. The van der Waals surface area contributed by atoms with E-state index in [4.69, 9.17) is 12.2 Å². The quantitative estimate of drug-likeness (QED) is 0.633. The Morgan fingerprint density at radius 1 is 1.35 bits per heavy atom. The number of hydrogen-bond donors (Lipinski definition) is 2. The van der Waals surface area contributed by atoms with Crippen LogP contribution in [0, 0.1) is 0 Å². The molecule has 1 aromatic carbocycles. The summed E-state index contributed by atoms with van der Waals surface area (Å²) in [5.74, 6) is 0. The molecule has 1 atom stereocenters. The highest BCUT2D eigenvalue weighted by Gasteiger charge is 2.05. The van der Waals surface area contributed by atoms with Crippen LogP contribution in [0.5, 0.6) is 0 Å². The van der Waals surface area contributed by atoms with Crippen molar-refractivity contribution < 1.29 is 0 Å². The lowest BCUT2D eigenvalue weighted by Crippen LogP contribution is -2.37. The summed E-state index contributed by atoms with van der Waals surface area (Å²) in [6.45, 7) is 3.91. The molecule has 1 unspecified atom stereocenters. The van der Waals surface area contributed by atoms with Gasteiger partial charge < -0.3 is 15.2 Å². The number of rotatable bonds is 6. The van der Waals surface area contributed by atoms with E-state index in [9.17, 15) is 0 Å². The summed E-state index contributed by atoms with van der Waals surface area (Å²) in [5.41, 5.74) is 1.23. The van der Waals surface area contributed by atoms with E-state index in [1.54, 1.807) is 6.20 Å². The van der Waals surface area contributed by atoms with E-state index in [1.165, 1.54) is 5.56 Å². The summed E-state index contributed by atoms with van der Waals surface area (Å²) in [7, 11) is 0. The number of benzene rings is 1. The largest absolute Gasteiger partial charge is 0.363 e. The van der Waals surface area contributed by atoms with Gasteiger partial charge in [-0.15, -0.1) is 0 Å². The third-order valence-electron chi connectivity index (χ3n) is 3.09. The SMILES string of the molecule is CC(NC(=S)NCCCn1ccnc1)c1ccccc1. The molecule has 0 aliphatic heterocycles. The highest BCUT2D eigenvalue weighted by molar-refractivity contribution is 7.80. The van der Waals surface area contributed by atoms with Crippen molar-refractivity contribution in [3.8, 4) is 0 Å². The van der Waals surface area contributed by atoms with Crippen molar-refractivity contribution in [2.75, 3.05) is 6.54 Å². The molecular weight excluding hydrogens is 268 g/mol. The number of imidazole rings is 1. The zero-order chi connectivity index (χ0) is 14.2. The normalized spacial score (nSPS) is 11.8. The second-order valence-electron chi connectivity index (χ2n) is 4.69. The van der Waals surface area contributed by atoms with Crippen LogP contribution in [-0.2, 0) is 6.54 Å². The molecule has 2 aromatic rings. The van der Waals surface area contributed by atoms with Crippen LogP contribution in [0.25, 0.3) is 0 Å². The minimum atomic E-state index is 0.213. The molecule has 0 aliphatic rings. The van der Waals surface area contributed by atoms with Crippen molar-refractivity contribution in [1.82, 2.24) is 20.2 Å². The van der Waals surface area contributed by atoms with E-state index in [0.29, 0.717) is 5.11 Å². The second-order valence-corrected chi connectivity index (χ2v) is 5.09. The van der Waals surface area contributed by atoms with Crippen molar-refractivity contribution >= 4 is 17.3 Å². The molecule has 0 saturated carbocycles. The zero-order valence-electron chi connectivity index (χ0n) is 11.6. The van der Waals surface area contributed by atoms with Gasteiger partial charge in [0.05, 0.1) is 12.4 Å². The van der Waals surface area contributed by atoms with E-state index < -0.39 is 0 Å². The first-order chi connectivity index (χ1) is 9.75. The number of thiocarbonyl (C=S) groups is 1. The lowest BCUT2D eigenvalue weighted by molar-refractivity contribution is 0.620. The average Bonchev–Trinajstić information content (AvgIpc) is 2.98. The van der Waals surface area contributed by atoms with Crippen molar-refractivity contribution in [1.29, 1.82) is 0 Å². The molecule has 4 nitrogen and oxygen atoms in total. The standard InChI is InChI=1S/C15H20N4S/c1-13(14-6-3-2-4-7-14)18-15(20)17-8-5-10-19-11-9-16-12-19/h2-4,6-7,9,11-13H,5,8,10H2,1H3,(H2,17,18,20). The van der Waals surface area contributed by atoms with Crippen molar-refractivity contribution in [3.05, 3.63) is 54.6 Å². The molecule has 0 amide bonds. The number of hydrogen-bond acceptors (Lipinski definition) is 2. The number of aromatic nitrogens is 2. The second kappa shape index (κ2) is 7.65. The van der Waals surface area contributed by atoms with Crippen LogP contribution in [0.4, 0.5) is 0 Å². The van der Waals surface area contributed by atoms with Crippen molar-refractivity contribution in [3.63, 3.8) is 0 Å². The van der Waals surface area contributed by atoms with Gasteiger partial charge in [-0.3, -0.25) is 0 Å². The molecule has 2 N–H and O–H groups in total. The van der Waals surface area contributed by atoms with E-state index in [-0.39, 0.29) is 6.04 Å². The van der Waals surface area contributed by atoms with Crippen LogP contribution >= 0.6 is 12.2 Å². The van der Waals surface area contributed by atoms with Crippen molar-refractivity contribution in [2.24, 2.45) is 0 Å². The first-order valence-electron chi connectivity index (χ1n) is 6.81. The summed E-state index contributed by atoms with van der Waals surface area (Å²) < 4.78 is 2.06. The lowest BCUT2D eigenvalue weighted by Gasteiger charge is -2.17. The Hall–Kier alpha value is -1.88. The van der Waals surface area contributed by atoms with Crippen LogP contribution in [0.2, 0.25) is 0 Å². The highest BCUT2D eigenvalue weighted by atomic mass is 32.1. The van der Waals surface area contributed by atoms with Gasteiger partial charge in [-0.05, 0) is 31.1 Å². The van der Waals surface area contributed by atoms with Gasteiger partial charge in [-0.25, -0.2) is 4.98 Å². The Bertz CT molecular complexity index is 510. The Morgan fingerprint density at radius 2 is 2.15 bits per heavy atom. The maximum atomic E-state index is 5.30. The molecule has 0 spiro atoms. The molecule has 0 radical (unpaired) electrons. The first kappa shape index (κ1) is 14.5.